The number of fused-ring (bicyclic) bond motifs is 1. The van der Waals surface area contributed by atoms with E-state index in [4.69, 9.17) is 4.52 Å². The largest absolute Gasteiger partial charge is 0.396 e. The van der Waals surface area contributed by atoms with Crippen molar-refractivity contribution in [1.82, 2.24) is 10.1 Å². The molecule has 0 aliphatic carbocycles. The van der Waals surface area contributed by atoms with Crippen LogP contribution in [0.4, 0.5) is 4.39 Å². The first kappa shape index (κ1) is 14.5. The number of halogens is 1. The van der Waals surface area contributed by atoms with E-state index in [9.17, 15) is 9.50 Å². The molecule has 1 aromatic carbocycles. The van der Waals surface area contributed by atoms with Gasteiger partial charge in [-0.2, -0.15) is 0 Å². The Balaban J connectivity index is 1.91. The molecule has 3 rings (SSSR count). The molecule has 0 spiro atoms. The molecule has 1 N–H and O–H groups in total. The van der Waals surface area contributed by atoms with E-state index < -0.39 is 0 Å². The number of aliphatic hydroxyl groups excluding tert-OH is 1. The van der Waals surface area contributed by atoms with Crippen LogP contribution in [0.1, 0.15) is 37.9 Å². The number of aliphatic hydroxyl groups is 1. The fourth-order valence-electron chi connectivity index (χ4n) is 3.15. The number of hydrogen-bond donors (Lipinski definition) is 1. The van der Waals surface area contributed by atoms with Crippen molar-refractivity contribution in [2.75, 3.05) is 19.7 Å². The van der Waals surface area contributed by atoms with Gasteiger partial charge in [-0.05, 0) is 37.4 Å². The van der Waals surface area contributed by atoms with Gasteiger partial charge in [0.15, 0.2) is 5.58 Å². The summed E-state index contributed by atoms with van der Waals surface area (Å²) in [5.74, 6) is -0.0687. The second kappa shape index (κ2) is 6.12. The molecular formula is C16H21FN2O2. The van der Waals surface area contributed by atoms with Crippen molar-refractivity contribution in [2.24, 2.45) is 5.92 Å². The molecule has 1 saturated heterocycles. The van der Waals surface area contributed by atoms with E-state index >= 15 is 0 Å². The maximum Gasteiger partial charge on any atom is 0.170 e. The summed E-state index contributed by atoms with van der Waals surface area (Å²) >= 11 is 0. The monoisotopic (exact) mass is 292 g/mol. The lowest BCUT2D eigenvalue weighted by Gasteiger charge is -2.36. The van der Waals surface area contributed by atoms with E-state index in [0.717, 1.165) is 37.0 Å². The second-order valence-electron chi connectivity index (χ2n) is 6.00. The Morgan fingerprint density at radius 3 is 3.14 bits per heavy atom. The minimum absolute atomic E-state index is 0.188. The zero-order chi connectivity index (χ0) is 14.8. The van der Waals surface area contributed by atoms with Crippen LogP contribution in [0.3, 0.4) is 0 Å². The van der Waals surface area contributed by atoms with Gasteiger partial charge >= 0.3 is 0 Å². The number of rotatable bonds is 4. The molecule has 1 aliphatic heterocycles. The molecule has 0 saturated carbocycles. The summed E-state index contributed by atoms with van der Waals surface area (Å²) < 4.78 is 18.6. The highest BCUT2D eigenvalue weighted by atomic mass is 19.1. The Morgan fingerprint density at radius 1 is 1.48 bits per heavy atom. The maximum atomic E-state index is 13.3. The first-order valence-corrected chi connectivity index (χ1v) is 7.58. The molecule has 1 aromatic heterocycles. The third kappa shape index (κ3) is 2.94. The second-order valence-corrected chi connectivity index (χ2v) is 6.00. The molecule has 21 heavy (non-hydrogen) atoms. The molecule has 4 nitrogen and oxygen atoms in total. The lowest BCUT2D eigenvalue weighted by Crippen LogP contribution is -2.37. The van der Waals surface area contributed by atoms with Gasteiger partial charge in [-0.1, -0.05) is 18.5 Å². The van der Waals surface area contributed by atoms with Crippen molar-refractivity contribution >= 4 is 11.0 Å². The number of nitrogens with zero attached hydrogens (tertiary/aromatic N) is 2. The van der Waals surface area contributed by atoms with Crippen molar-refractivity contribution in [3.63, 3.8) is 0 Å². The molecule has 0 amide bonds. The highest BCUT2D eigenvalue weighted by Gasteiger charge is 2.29. The van der Waals surface area contributed by atoms with Gasteiger partial charge in [-0.25, -0.2) is 4.39 Å². The van der Waals surface area contributed by atoms with Gasteiger partial charge in [-0.15, -0.1) is 0 Å². The van der Waals surface area contributed by atoms with Crippen molar-refractivity contribution in [2.45, 2.75) is 32.2 Å². The van der Waals surface area contributed by atoms with E-state index in [1.807, 2.05) is 6.92 Å². The summed E-state index contributed by atoms with van der Waals surface area (Å²) in [6.07, 6.45) is 3.35. The van der Waals surface area contributed by atoms with Gasteiger partial charge in [-0.3, -0.25) is 4.90 Å². The molecule has 2 aromatic rings. The van der Waals surface area contributed by atoms with Crippen LogP contribution in [0, 0.1) is 11.7 Å². The summed E-state index contributed by atoms with van der Waals surface area (Å²) in [6.45, 7) is 4.08. The van der Waals surface area contributed by atoms with Crippen LogP contribution in [0.25, 0.3) is 11.0 Å². The van der Waals surface area contributed by atoms with Crippen LogP contribution in [0.5, 0.6) is 0 Å². The number of piperidine rings is 1. The van der Waals surface area contributed by atoms with Crippen molar-refractivity contribution in [3.8, 4) is 0 Å². The first-order valence-electron chi connectivity index (χ1n) is 7.58. The highest BCUT2D eigenvalue weighted by Crippen LogP contribution is 2.35. The smallest absolute Gasteiger partial charge is 0.170 e. The Kier molecular flexibility index (Phi) is 4.22. The van der Waals surface area contributed by atoms with E-state index in [0.29, 0.717) is 5.58 Å². The maximum absolute atomic E-state index is 13.3. The van der Waals surface area contributed by atoms with Crippen molar-refractivity contribution in [1.29, 1.82) is 0 Å². The average molecular weight is 292 g/mol. The Labute approximate surface area is 123 Å². The molecule has 5 heteroatoms. The summed E-state index contributed by atoms with van der Waals surface area (Å²) in [4.78, 5) is 2.37. The summed E-state index contributed by atoms with van der Waals surface area (Å²) in [5.41, 5.74) is 1.40. The van der Waals surface area contributed by atoms with Crippen LogP contribution in [-0.4, -0.2) is 34.9 Å². The fraction of sp³-hybridized carbons (Fsp3) is 0.562. The minimum Gasteiger partial charge on any atom is -0.396 e. The molecular weight excluding hydrogens is 271 g/mol. The predicted molar refractivity (Wildman–Crippen MR) is 78.4 cm³/mol. The zero-order valence-electron chi connectivity index (χ0n) is 12.3. The standard InChI is InChI=1S/C16H21FN2O2/c1-11(10-20)9-19-7-3-2-4-14(19)16-13-6-5-12(17)8-15(13)21-18-16/h5-6,8,11,14,20H,2-4,7,9-10H2,1H3/t11-,14?/m1/s1. The van der Waals surface area contributed by atoms with E-state index in [2.05, 4.69) is 10.1 Å². The highest BCUT2D eigenvalue weighted by molar-refractivity contribution is 5.79. The van der Waals surface area contributed by atoms with Crippen LogP contribution in [0.15, 0.2) is 22.7 Å². The summed E-state index contributed by atoms with van der Waals surface area (Å²) in [6, 6.07) is 4.78. The Bertz CT molecular complexity index is 613. The summed E-state index contributed by atoms with van der Waals surface area (Å²) in [5, 5.41) is 14.4. The van der Waals surface area contributed by atoms with Crippen molar-refractivity contribution in [3.05, 3.63) is 29.7 Å². The Hall–Kier alpha value is -1.46. The van der Waals surface area contributed by atoms with Crippen LogP contribution < -0.4 is 0 Å². The lowest BCUT2D eigenvalue weighted by molar-refractivity contribution is 0.103. The average Bonchev–Trinajstić information content (AvgIpc) is 2.90. The number of aromatic nitrogens is 1. The van der Waals surface area contributed by atoms with E-state index in [-0.39, 0.29) is 24.4 Å². The molecule has 2 atom stereocenters. The van der Waals surface area contributed by atoms with Gasteiger partial charge in [0.2, 0.25) is 0 Å². The molecule has 1 fully saturated rings. The number of likely N-dealkylation sites (tertiary alicyclic amines) is 1. The van der Waals surface area contributed by atoms with Crippen LogP contribution >= 0.6 is 0 Å². The minimum atomic E-state index is -0.306. The van der Waals surface area contributed by atoms with E-state index in [1.54, 1.807) is 6.07 Å². The number of hydrogen-bond acceptors (Lipinski definition) is 4. The Morgan fingerprint density at radius 2 is 2.33 bits per heavy atom. The van der Waals surface area contributed by atoms with Gasteiger partial charge in [0, 0.05) is 24.6 Å². The van der Waals surface area contributed by atoms with Gasteiger partial charge < -0.3 is 9.63 Å². The molecule has 1 unspecified atom stereocenters. The molecule has 2 heterocycles. The molecule has 0 bridgehead atoms. The lowest BCUT2D eigenvalue weighted by atomic mass is 9.96. The third-order valence-corrected chi connectivity index (χ3v) is 4.25. The normalized spacial score (nSPS) is 21.8. The summed E-state index contributed by atoms with van der Waals surface area (Å²) in [7, 11) is 0. The quantitative estimate of drug-likeness (QED) is 0.940. The molecule has 1 aliphatic rings. The fourth-order valence-corrected chi connectivity index (χ4v) is 3.15. The van der Waals surface area contributed by atoms with Crippen LogP contribution in [0.2, 0.25) is 0 Å². The number of benzene rings is 1. The van der Waals surface area contributed by atoms with Gasteiger partial charge in [0.25, 0.3) is 0 Å². The third-order valence-electron chi connectivity index (χ3n) is 4.25. The topological polar surface area (TPSA) is 49.5 Å². The van der Waals surface area contributed by atoms with Crippen LogP contribution in [-0.2, 0) is 0 Å². The molecule has 0 radical (unpaired) electrons. The molecule has 114 valence electrons. The van der Waals surface area contributed by atoms with Crippen molar-refractivity contribution < 1.29 is 14.0 Å². The van der Waals surface area contributed by atoms with E-state index in [1.165, 1.54) is 18.6 Å². The zero-order valence-corrected chi connectivity index (χ0v) is 12.3. The van der Waals surface area contributed by atoms with Gasteiger partial charge in [0.1, 0.15) is 11.5 Å². The first-order chi connectivity index (χ1) is 10.2. The van der Waals surface area contributed by atoms with Gasteiger partial charge in [0.05, 0.1) is 6.04 Å². The SMILES string of the molecule is C[C@@H](CO)CN1CCCCC1c1noc2cc(F)ccc12. The predicted octanol–water partition coefficient (Wildman–Crippen LogP) is 3.12.